The zero-order chi connectivity index (χ0) is 10.6. The summed E-state index contributed by atoms with van der Waals surface area (Å²) in [4.78, 5) is 0. The van der Waals surface area contributed by atoms with Gasteiger partial charge in [0.25, 0.3) is 0 Å². The van der Waals surface area contributed by atoms with E-state index in [-0.39, 0.29) is 12.2 Å². The van der Waals surface area contributed by atoms with Crippen LogP contribution >= 0.6 is 0 Å². The molecule has 1 aliphatic heterocycles. The van der Waals surface area contributed by atoms with Crippen molar-refractivity contribution >= 4 is 0 Å². The van der Waals surface area contributed by atoms with Crippen molar-refractivity contribution in [3.05, 3.63) is 0 Å². The van der Waals surface area contributed by atoms with Crippen LogP contribution in [-0.4, -0.2) is 34.5 Å². The number of rotatable bonds is 4. The summed E-state index contributed by atoms with van der Waals surface area (Å²) in [7, 11) is 0. The SMILES string of the molecule is C[C@@H](O)C[C@H]1CCC[C@@H](C[C@@H](C)O)N1. The summed E-state index contributed by atoms with van der Waals surface area (Å²) < 4.78 is 0. The zero-order valence-corrected chi connectivity index (χ0v) is 9.24. The summed E-state index contributed by atoms with van der Waals surface area (Å²) in [6, 6.07) is 0.875. The first-order valence-electron chi connectivity index (χ1n) is 5.70. The van der Waals surface area contributed by atoms with Crippen molar-refractivity contribution in [2.24, 2.45) is 0 Å². The van der Waals surface area contributed by atoms with Gasteiger partial charge in [0.15, 0.2) is 0 Å². The van der Waals surface area contributed by atoms with Crippen LogP contribution < -0.4 is 5.32 Å². The lowest BCUT2D eigenvalue weighted by atomic mass is 9.92. The van der Waals surface area contributed by atoms with Crippen molar-refractivity contribution in [1.29, 1.82) is 0 Å². The van der Waals surface area contributed by atoms with Gasteiger partial charge in [-0.1, -0.05) is 6.42 Å². The summed E-state index contributed by atoms with van der Waals surface area (Å²) in [5.41, 5.74) is 0. The predicted octanol–water partition coefficient (Wildman–Crippen LogP) is 1.04. The molecule has 3 heteroatoms. The van der Waals surface area contributed by atoms with Gasteiger partial charge < -0.3 is 15.5 Å². The summed E-state index contributed by atoms with van der Waals surface area (Å²) in [6.07, 6.45) is 4.73. The van der Waals surface area contributed by atoms with Crippen molar-refractivity contribution in [2.75, 3.05) is 0 Å². The van der Waals surface area contributed by atoms with E-state index in [0.717, 1.165) is 25.7 Å². The minimum absolute atomic E-state index is 0.224. The third-order valence-corrected chi connectivity index (χ3v) is 2.83. The fourth-order valence-corrected chi connectivity index (χ4v) is 2.31. The monoisotopic (exact) mass is 201 g/mol. The van der Waals surface area contributed by atoms with Crippen LogP contribution in [0.3, 0.4) is 0 Å². The Balaban J connectivity index is 2.28. The maximum Gasteiger partial charge on any atom is 0.0526 e. The smallest absolute Gasteiger partial charge is 0.0526 e. The molecule has 3 N–H and O–H groups in total. The van der Waals surface area contributed by atoms with Crippen LogP contribution in [0.4, 0.5) is 0 Å². The van der Waals surface area contributed by atoms with Gasteiger partial charge in [0.2, 0.25) is 0 Å². The van der Waals surface area contributed by atoms with Crippen LogP contribution in [0.5, 0.6) is 0 Å². The Morgan fingerprint density at radius 2 is 1.50 bits per heavy atom. The molecule has 0 radical (unpaired) electrons. The van der Waals surface area contributed by atoms with Crippen LogP contribution in [-0.2, 0) is 0 Å². The summed E-state index contributed by atoms with van der Waals surface area (Å²) in [5, 5.41) is 22.1. The topological polar surface area (TPSA) is 52.5 Å². The first-order chi connectivity index (χ1) is 6.58. The lowest BCUT2D eigenvalue weighted by Crippen LogP contribution is -2.44. The Bertz CT molecular complexity index is 143. The van der Waals surface area contributed by atoms with Gasteiger partial charge in [0.05, 0.1) is 12.2 Å². The molecule has 0 unspecified atom stereocenters. The molecule has 14 heavy (non-hydrogen) atoms. The maximum atomic E-state index is 9.28. The van der Waals surface area contributed by atoms with Gasteiger partial charge in [-0.25, -0.2) is 0 Å². The molecule has 0 amide bonds. The second kappa shape index (κ2) is 5.69. The number of hydrogen-bond acceptors (Lipinski definition) is 3. The van der Waals surface area contributed by atoms with Gasteiger partial charge in [0.1, 0.15) is 0 Å². The molecule has 0 saturated carbocycles. The van der Waals surface area contributed by atoms with Crippen molar-refractivity contribution < 1.29 is 10.2 Å². The Kier molecular flexibility index (Phi) is 4.85. The van der Waals surface area contributed by atoms with E-state index in [1.54, 1.807) is 0 Å². The molecule has 3 nitrogen and oxygen atoms in total. The first kappa shape index (κ1) is 12.0. The Morgan fingerprint density at radius 3 is 1.86 bits per heavy atom. The number of aliphatic hydroxyl groups excluding tert-OH is 2. The standard InChI is InChI=1S/C11H23NO2/c1-8(13)6-10-4-3-5-11(12-10)7-9(2)14/h8-14H,3-7H2,1-2H3/t8-,9-,10-,11+/m1/s1. The van der Waals surface area contributed by atoms with Gasteiger partial charge in [-0.15, -0.1) is 0 Å². The molecule has 1 aliphatic rings. The van der Waals surface area contributed by atoms with Crippen LogP contribution in [0.1, 0.15) is 46.0 Å². The highest BCUT2D eigenvalue weighted by molar-refractivity contribution is 4.82. The number of nitrogens with one attached hydrogen (secondary N) is 1. The van der Waals surface area contributed by atoms with E-state index in [4.69, 9.17) is 0 Å². The van der Waals surface area contributed by atoms with Crippen molar-refractivity contribution in [2.45, 2.75) is 70.2 Å². The molecular weight excluding hydrogens is 178 g/mol. The highest BCUT2D eigenvalue weighted by Crippen LogP contribution is 2.19. The Labute approximate surface area is 86.5 Å². The fraction of sp³-hybridized carbons (Fsp3) is 1.00. The first-order valence-corrected chi connectivity index (χ1v) is 5.70. The van der Waals surface area contributed by atoms with Gasteiger partial charge in [-0.2, -0.15) is 0 Å². The molecule has 0 bridgehead atoms. The van der Waals surface area contributed by atoms with Gasteiger partial charge >= 0.3 is 0 Å². The molecule has 0 aromatic carbocycles. The molecule has 1 fully saturated rings. The maximum absolute atomic E-state index is 9.28. The van der Waals surface area contributed by atoms with Gasteiger partial charge in [-0.05, 0) is 39.5 Å². The van der Waals surface area contributed by atoms with E-state index in [1.165, 1.54) is 6.42 Å². The van der Waals surface area contributed by atoms with E-state index in [1.807, 2.05) is 13.8 Å². The second-order valence-electron chi connectivity index (χ2n) is 4.66. The number of hydrogen-bond donors (Lipinski definition) is 3. The fourth-order valence-electron chi connectivity index (χ4n) is 2.31. The van der Waals surface area contributed by atoms with E-state index in [9.17, 15) is 10.2 Å². The van der Waals surface area contributed by atoms with Gasteiger partial charge in [-0.3, -0.25) is 0 Å². The third-order valence-electron chi connectivity index (χ3n) is 2.83. The molecule has 84 valence electrons. The molecule has 4 atom stereocenters. The van der Waals surface area contributed by atoms with E-state index in [2.05, 4.69) is 5.32 Å². The summed E-state index contributed by atoms with van der Waals surface area (Å²) in [6.45, 7) is 3.67. The highest BCUT2D eigenvalue weighted by Gasteiger charge is 2.22. The Morgan fingerprint density at radius 1 is 1.07 bits per heavy atom. The van der Waals surface area contributed by atoms with Crippen LogP contribution in [0.15, 0.2) is 0 Å². The molecule has 0 aromatic heterocycles. The van der Waals surface area contributed by atoms with Gasteiger partial charge in [0, 0.05) is 12.1 Å². The second-order valence-corrected chi connectivity index (χ2v) is 4.66. The zero-order valence-electron chi connectivity index (χ0n) is 9.24. The largest absolute Gasteiger partial charge is 0.393 e. The third kappa shape index (κ3) is 4.40. The molecule has 0 aliphatic carbocycles. The normalized spacial score (nSPS) is 32.6. The molecule has 1 saturated heterocycles. The molecule has 0 aromatic rings. The van der Waals surface area contributed by atoms with Crippen molar-refractivity contribution in [3.8, 4) is 0 Å². The molecular formula is C11H23NO2. The van der Waals surface area contributed by atoms with Crippen LogP contribution in [0, 0.1) is 0 Å². The average molecular weight is 201 g/mol. The minimum Gasteiger partial charge on any atom is -0.393 e. The summed E-state index contributed by atoms with van der Waals surface area (Å²) >= 11 is 0. The Hall–Kier alpha value is -0.120. The van der Waals surface area contributed by atoms with E-state index in [0.29, 0.717) is 12.1 Å². The minimum atomic E-state index is -0.224. The number of aliphatic hydroxyl groups is 2. The molecule has 1 rings (SSSR count). The average Bonchev–Trinajstić information content (AvgIpc) is 2.01. The molecule has 0 spiro atoms. The van der Waals surface area contributed by atoms with Crippen LogP contribution in [0.2, 0.25) is 0 Å². The summed E-state index contributed by atoms with van der Waals surface area (Å²) in [5.74, 6) is 0. The lowest BCUT2D eigenvalue weighted by Gasteiger charge is -2.32. The van der Waals surface area contributed by atoms with E-state index < -0.39 is 0 Å². The van der Waals surface area contributed by atoms with Crippen molar-refractivity contribution in [1.82, 2.24) is 5.32 Å². The highest BCUT2D eigenvalue weighted by atomic mass is 16.3. The van der Waals surface area contributed by atoms with E-state index >= 15 is 0 Å². The lowest BCUT2D eigenvalue weighted by molar-refractivity contribution is 0.130. The quantitative estimate of drug-likeness (QED) is 0.637. The number of piperidine rings is 1. The molecule has 1 heterocycles. The predicted molar refractivity (Wildman–Crippen MR) is 57.2 cm³/mol. The van der Waals surface area contributed by atoms with Crippen molar-refractivity contribution in [3.63, 3.8) is 0 Å². The van der Waals surface area contributed by atoms with Crippen LogP contribution in [0.25, 0.3) is 0 Å².